The van der Waals surface area contributed by atoms with Gasteiger partial charge in [-0.2, -0.15) is 0 Å². The standard InChI is InChI=1S/Ca.2ClH.Cu.2H/h;2*1H;;;/q;;;+2;;/p-2. The van der Waals surface area contributed by atoms with Crippen LogP contribution >= 0.6 is 20.2 Å². The van der Waals surface area contributed by atoms with Crippen molar-refractivity contribution >= 4 is 57.9 Å². The first-order chi connectivity index (χ1) is 1.41. The van der Waals surface area contributed by atoms with Gasteiger partial charge >= 0.3 is 71.1 Å². The quantitative estimate of drug-likeness (QED) is 0.471. The monoisotopic (exact) mass is 175 g/mol. The van der Waals surface area contributed by atoms with E-state index in [0.29, 0.717) is 0 Å². The predicted molar refractivity (Wildman–Crippen MR) is 20.2 cm³/mol. The summed E-state index contributed by atoms with van der Waals surface area (Å²) < 4.78 is 0. The second-order valence-corrected chi connectivity index (χ2v) is 1.60. The van der Waals surface area contributed by atoms with Crippen LogP contribution in [0.1, 0.15) is 0 Å². The van der Waals surface area contributed by atoms with Crippen LogP contribution < -0.4 is 0 Å². The maximum absolute atomic E-state index is 4.67. The molecule has 0 heterocycles. The van der Waals surface area contributed by atoms with Crippen molar-refractivity contribution in [1.29, 1.82) is 0 Å². The van der Waals surface area contributed by atoms with Crippen LogP contribution in [-0.4, -0.2) is 37.7 Å². The van der Waals surface area contributed by atoms with Gasteiger partial charge in [0.1, 0.15) is 0 Å². The van der Waals surface area contributed by atoms with E-state index >= 15 is 0 Å². The van der Waals surface area contributed by atoms with Crippen molar-refractivity contribution in [2.75, 3.05) is 0 Å². The van der Waals surface area contributed by atoms with Crippen molar-refractivity contribution in [3.63, 3.8) is 0 Å². The van der Waals surface area contributed by atoms with Crippen LogP contribution in [0.3, 0.4) is 0 Å². The summed E-state index contributed by atoms with van der Waals surface area (Å²) in [4.78, 5) is 0. The zero-order valence-electron chi connectivity index (χ0n) is 1.06. The Morgan fingerprint density at radius 2 is 1.25 bits per heavy atom. The summed E-state index contributed by atoms with van der Waals surface area (Å²) >= 11 is 0.757. The Balaban J connectivity index is 0. The van der Waals surface area contributed by atoms with Gasteiger partial charge < -0.3 is 0 Å². The molecule has 0 saturated carbocycles. The molecule has 0 unspecified atom stereocenters. The molecular formula is H2CaCl2Cu. The zero-order valence-corrected chi connectivity index (χ0v) is 3.51. The third-order valence-electron chi connectivity index (χ3n) is 0. The van der Waals surface area contributed by atoms with Crippen molar-refractivity contribution in [3.05, 3.63) is 0 Å². The first-order valence-electron chi connectivity index (χ1n) is 0.228. The van der Waals surface area contributed by atoms with Crippen LogP contribution in [0.15, 0.2) is 0 Å². The molecule has 4 heteroatoms. The Morgan fingerprint density at radius 3 is 1.25 bits per heavy atom. The molecule has 0 aliphatic rings. The molecule has 0 aromatic carbocycles. The Bertz CT molecular complexity index is 6.00. The summed E-state index contributed by atoms with van der Waals surface area (Å²) in [5, 5.41) is 0. The van der Waals surface area contributed by atoms with E-state index < -0.39 is 0 Å². The Labute approximate surface area is 69.8 Å². The Morgan fingerprint density at radius 1 is 1.25 bits per heavy atom. The van der Waals surface area contributed by atoms with Crippen molar-refractivity contribution in [2.45, 2.75) is 0 Å². The molecule has 0 rings (SSSR count). The molecule has 0 amide bonds. The third kappa shape index (κ3) is 8.84. The van der Waals surface area contributed by atoms with E-state index in [9.17, 15) is 0 Å². The number of halogens is 2. The molecule has 0 aromatic rings. The van der Waals surface area contributed by atoms with Crippen LogP contribution in [-0.2, 0) is 13.1 Å². The van der Waals surface area contributed by atoms with Gasteiger partial charge in [0.25, 0.3) is 0 Å². The van der Waals surface area contributed by atoms with Gasteiger partial charge in [0.05, 0.1) is 0 Å². The van der Waals surface area contributed by atoms with Gasteiger partial charge in [-0.1, -0.05) is 0 Å². The molecule has 0 N–H and O–H groups in total. The fourth-order valence-corrected chi connectivity index (χ4v) is 0. The summed E-state index contributed by atoms with van der Waals surface area (Å²) in [7, 11) is 9.34. The van der Waals surface area contributed by atoms with Gasteiger partial charge in [0.2, 0.25) is 0 Å². The molecule has 0 fully saturated rings. The molecule has 0 spiro atoms. The van der Waals surface area contributed by atoms with Gasteiger partial charge in [-0.15, -0.1) is 0 Å². The number of hydrogen-bond acceptors (Lipinski definition) is 0. The summed E-state index contributed by atoms with van der Waals surface area (Å²) in [5.74, 6) is 0. The number of hydrogen-bond donors (Lipinski definition) is 0. The normalized spacial score (nSPS) is 5.50. The molecule has 0 radical (unpaired) electrons. The van der Waals surface area contributed by atoms with E-state index in [1.54, 1.807) is 0 Å². The van der Waals surface area contributed by atoms with Gasteiger partial charge in [-0.25, -0.2) is 0 Å². The third-order valence-corrected chi connectivity index (χ3v) is 0. The molecule has 4 heavy (non-hydrogen) atoms. The topological polar surface area (TPSA) is 0 Å². The molecule has 0 aromatic heterocycles. The van der Waals surface area contributed by atoms with Crippen molar-refractivity contribution < 1.29 is 13.1 Å². The summed E-state index contributed by atoms with van der Waals surface area (Å²) in [6.07, 6.45) is 0. The molecule has 0 saturated heterocycles. The molecule has 0 nitrogen and oxygen atoms in total. The summed E-state index contributed by atoms with van der Waals surface area (Å²) in [6.45, 7) is 0. The molecule has 0 aliphatic heterocycles. The number of rotatable bonds is 0. The molecule has 0 bridgehead atoms. The van der Waals surface area contributed by atoms with Crippen LogP contribution in [0.5, 0.6) is 0 Å². The van der Waals surface area contributed by atoms with Gasteiger partial charge in [-0.05, 0) is 0 Å². The van der Waals surface area contributed by atoms with Gasteiger partial charge in [0.15, 0.2) is 0 Å². The molecule has 0 aliphatic carbocycles. The summed E-state index contributed by atoms with van der Waals surface area (Å²) in [6, 6.07) is 0. The molecular weight excluding hydrogens is 175 g/mol. The maximum atomic E-state index is 4.67. The second kappa shape index (κ2) is 9.02. The average molecular weight is 177 g/mol. The first kappa shape index (κ1) is 9.61. The van der Waals surface area contributed by atoms with E-state index in [2.05, 4.69) is 20.2 Å². The van der Waals surface area contributed by atoms with Gasteiger partial charge in [0, 0.05) is 0 Å². The minimum absolute atomic E-state index is 0. The fourth-order valence-electron chi connectivity index (χ4n) is 0. The first-order valence-corrected chi connectivity index (χ1v) is 2.82. The van der Waals surface area contributed by atoms with Crippen molar-refractivity contribution in [2.24, 2.45) is 0 Å². The average Bonchev–Trinajstić information content (AvgIpc) is 0.918. The van der Waals surface area contributed by atoms with Crippen LogP contribution in [0.25, 0.3) is 0 Å². The van der Waals surface area contributed by atoms with E-state index in [-0.39, 0.29) is 37.7 Å². The van der Waals surface area contributed by atoms with Crippen LogP contribution in [0, 0.1) is 0 Å². The SMILES string of the molecule is [CaH2].[Cl][Cu][Cl]. The van der Waals surface area contributed by atoms with E-state index in [0.717, 1.165) is 13.1 Å². The molecule has 0 atom stereocenters. The second-order valence-electron chi connectivity index (χ2n) is 0.0431. The van der Waals surface area contributed by atoms with E-state index in [1.807, 2.05) is 0 Å². The van der Waals surface area contributed by atoms with Crippen molar-refractivity contribution in [1.82, 2.24) is 0 Å². The molecule has 29 valence electrons. The van der Waals surface area contributed by atoms with E-state index in [4.69, 9.17) is 0 Å². The fraction of sp³-hybridized carbons (Fsp3) is 0. The van der Waals surface area contributed by atoms with E-state index in [1.165, 1.54) is 0 Å². The minimum atomic E-state index is 0. The van der Waals surface area contributed by atoms with Crippen LogP contribution in [0.2, 0.25) is 0 Å². The Hall–Kier alpha value is 2.36. The predicted octanol–water partition coefficient (Wildman–Crippen LogP) is 0.460. The summed E-state index contributed by atoms with van der Waals surface area (Å²) in [5.41, 5.74) is 0. The van der Waals surface area contributed by atoms with Crippen LogP contribution in [0.4, 0.5) is 0 Å². The Kier molecular flexibility index (Phi) is 21.7. The zero-order chi connectivity index (χ0) is 2.71. The van der Waals surface area contributed by atoms with Gasteiger partial charge in [-0.3, -0.25) is 0 Å². The van der Waals surface area contributed by atoms with Crippen molar-refractivity contribution in [3.8, 4) is 0 Å².